The Bertz CT molecular complexity index is 620. The molecule has 0 aliphatic carbocycles. The number of hydrogen-bond acceptors (Lipinski definition) is 4. The fourth-order valence-corrected chi connectivity index (χ4v) is 2.74. The van der Waals surface area contributed by atoms with Crippen LogP contribution in [0.2, 0.25) is 0 Å². The van der Waals surface area contributed by atoms with Crippen LogP contribution in [0.3, 0.4) is 0 Å². The van der Waals surface area contributed by atoms with Gasteiger partial charge in [-0.1, -0.05) is 92.6 Å². The lowest BCUT2D eigenvalue weighted by Crippen LogP contribution is -2.09. The highest BCUT2D eigenvalue weighted by molar-refractivity contribution is 5.69. The second-order valence-electron chi connectivity index (χ2n) is 7.70. The van der Waals surface area contributed by atoms with Gasteiger partial charge in [0.2, 0.25) is 0 Å². The average molecular weight is 457 g/mol. The Morgan fingerprint density at radius 2 is 1.12 bits per heavy atom. The fourth-order valence-electron chi connectivity index (χ4n) is 2.74. The molecule has 0 amide bonds. The van der Waals surface area contributed by atoms with Crippen molar-refractivity contribution in [2.24, 2.45) is 0 Å². The Balaban J connectivity index is 0.00000146. The first-order chi connectivity index (χ1) is 16.2. The molecule has 0 bridgehead atoms. The highest BCUT2D eigenvalue weighted by Crippen LogP contribution is 2.04. The van der Waals surface area contributed by atoms with E-state index >= 15 is 0 Å². The highest BCUT2D eigenvalue weighted by Gasteiger charge is 2.02. The minimum Gasteiger partial charge on any atom is -0.466 e. The number of rotatable bonds is 17. The van der Waals surface area contributed by atoms with Crippen LogP contribution in [-0.2, 0) is 19.1 Å². The summed E-state index contributed by atoms with van der Waals surface area (Å²) >= 11 is 0. The van der Waals surface area contributed by atoms with Crippen molar-refractivity contribution in [3.8, 4) is 0 Å². The Kier molecular flexibility index (Phi) is 23.6. The van der Waals surface area contributed by atoms with Crippen LogP contribution in [0.5, 0.6) is 0 Å². The van der Waals surface area contributed by atoms with Crippen LogP contribution in [0, 0.1) is 0 Å². The summed E-state index contributed by atoms with van der Waals surface area (Å²) in [5.41, 5.74) is 0. The molecular formula is C29H44O4. The zero-order valence-electron chi connectivity index (χ0n) is 20.8. The van der Waals surface area contributed by atoms with E-state index in [1.807, 2.05) is 36.4 Å². The number of hydrogen-bond donors (Lipinski definition) is 0. The summed E-state index contributed by atoms with van der Waals surface area (Å²) in [6, 6.07) is 12.0. The summed E-state index contributed by atoms with van der Waals surface area (Å²) in [6.07, 6.45) is 24.2. The van der Waals surface area contributed by atoms with Gasteiger partial charge in [0.25, 0.3) is 0 Å². The Hall–Kier alpha value is -2.62. The first kappa shape index (κ1) is 30.4. The van der Waals surface area contributed by atoms with Crippen LogP contribution in [-0.4, -0.2) is 25.2 Å². The molecule has 33 heavy (non-hydrogen) atoms. The van der Waals surface area contributed by atoms with Gasteiger partial charge >= 0.3 is 11.9 Å². The van der Waals surface area contributed by atoms with Gasteiger partial charge in [0.05, 0.1) is 13.2 Å². The summed E-state index contributed by atoms with van der Waals surface area (Å²) in [5, 5.41) is 0. The molecule has 0 aliphatic heterocycles. The molecule has 0 heterocycles. The summed E-state index contributed by atoms with van der Waals surface area (Å²) in [4.78, 5) is 22.1. The highest BCUT2D eigenvalue weighted by atomic mass is 16.5. The summed E-state index contributed by atoms with van der Waals surface area (Å²) < 4.78 is 9.85. The minimum absolute atomic E-state index is 0.174. The second kappa shape index (κ2) is 25.6. The van der Waals surface area contributed by atoms with Gasteiger partial charge in [-0.2, -0.15) is 0 Å². The molecule has 4 nitrogen and oxygen atoms in total. The SMILES string of the molecule is CCCCCC=CCC=CCC=CCCCCC(=O)OCCCOC(C)=O.c1ccccc1. The number of unbranched alkanes of at least 4 members (excludes halogenated alkanes) is 5. The largest absolute Gasteiger partial charge is 0.466 e. The molecule has 0 spiro atoms. The molecule has 1 rings (SSSR count). The average Bonchev–Trinajstić information content (AvgIpc) is 2.82. The zero-order valence-corrected chi connectivity index (χ0v) is 20.8. The van der Waals surface area contributed by atoms with E-state index in [0.717, 1.165) is 32.1 Å². The van der Waals surface area contributed by atoms with Crippen molar-refractivity contribution in [2.75, 3.05) is 13.2 Å². The van der Waals surface area contributed by atoms with E-state index in [-0.39, 0.29) is 11.9 Å². The molecule has 0 saturated carbocycles. The van der Waals surface area contributed by atoms with E-state index in [0.29, 0.717) is 26.1 Å². The topological polar surface area (TPSA) is 52.6 Å². The lowest BCUT2D eigenvalue weighted by Gasteiger charge is -2.04. The second-order valence-corrected chi connectivity index (χ2v) is 7.70. The van der Waals surface area contributed by atoms with E-state index in [9.17, 15) is 9.59 Å². The third-order valence-corrected chi connectivity index (χ3v) is 4.54. The molecular weight excluding hydrogens is 412 g/mol. The van der Waals surface area contributed by atoms with Crippen molar-refractivity contribution in [2.45, 2.75) is 84.5 Å². The molecule has 1 aromatic rings. The molecule has 4 heteroatoms. The third kappa shape index (κ3) is 27.3. The molecule has 0 saturated heterocycles. The summed E-state index contributed by atoms with van der Waals surface area (Å²) in [7, 11) is 0. The monoisotopic (exact) mass is 456 g/mol. The Morgan fingerprint density at radius 3 is 1.64 bits per heavy atom. The van der Waals surface area contributed by atoms with Gasteiger partial charge < -0.3 is 9.47 Å². The van der Waals surface area contributed by atoms with Gasteiger partial charge in [-0.05, 0) is 44.9 Å². The van der Waals surface area contributed by atoms with E-state index < -0.39 is 0 Å². The van der Waals surface area contributed by atoms with Gasteiger partial charge in [0, 0.05) is 19.8 Å². The molecule has 0 unspecified atom stereocenters. The summed E-state index contributed by atoms with van der Waals surface area (Å²) in [5.74, 6) is -0.480. The van der Waals surface area contributed by atoms with E-state index in [4.69, 9.17) is 9.47 Å². The smallest absolute Gasteiger partial charge is 0.305 e. The van der Waals surface area contributed by atoms with Crippen LogP contribution in [0.15, 0.2) is 72.9 Å². The van der Waals surface area contributed by atoms with Crippen molar-refractivity contribution >= 4 is 11.9 Å². The molecule has 1 aromatic carbocycles. The number of carbonyl (C=O) groups is 2. The number of allylic oxidation sites excluding steroid dienone is 6. The van der Waals surface area contributed by atoms with Crippen LogP contribution in [0.1, 0.15) is 84.5 Å². The van der Waals surface area contributed by atoms with Crippen molar-refractivity contribution in [3.63, 3.8) is 0 Å². The Labute approximate surface area is 201 Å². The first-order valence-electron chi connectivity index (χ1n) is 12.4. The van der Waals surface area contributed by atoms with Crippen molar-refractivity contribution < 1.29 is 19.1 Å². The molecule has 184 valence electrons. The number of carbonyl (C=O) groups excluding carboxylic acids is 2. The van der Waals surface area contributed by atoms with E-state index in [1.165, 1.54) is 32.6 Å². The Morgan fingerprint density at radius 1 is 0.636 bits per heavy atom. The predicted molar refractivity (Wildman–Crippen MR) is 138 cm³/mol. The lowest BCUT2D eigenvalue weighted by atomic mass is 10.1. The maximum Gasteiger partial charge on any atom is 0.305 e. The summed E-state index contributed by atoms with van der Waals surface area (Å²) in [6.45, 7) is 4.21. The molecule has 0 fully saturated rings. The third-order valence-electron chi connectivity index (χ3n) is 4.54. The van der Waals surface area contributed by atoms with Crippen LogP contribution in [0.25, 0.3) is 0 Å². The van der Waals surface area contributed by atoms with Gasteiger partial charge in [0.1, 0.15) is 0 Å². The fraction of sp³-hybridized carbons (Fsp3) is 0.517. The van der Waals surface area contributed by atoms with Gasteiger partial charge in [0.15, 0.2) is 0 Å². The normalized spacial score (nSPS) is 11.0. The van der Waals surface area contributed by atoms with Gasteiger partial charge in [-0.25, -0.2) is 0 Å². The molecule has 0 aliphatic rings. The molecule has 0 radical (unpaired) electrons. The lowest BCUT2D eigenvalue weighted by molar-refractivity contribution is -0.145. The van der Waals surface area contributed by atoms with Crippen molar-refractivity contribution in [1.82, 2.24) is 0 Å². The molecule has 0 aromatic heterocycles. The van der Waals surface area contributed by atoms with Crippen molar-refractivity contribution in [1.29, 1.82) is 0 Å². The minimum atomic E-state index is -0.306. The van der Waals surface area contributed by atoms with Gasteiger partial charge in [-0.3, -0.25) is 9.59 Å². The van der Waals surface area contributed by atoms with Crippen molar-refractivity contribution in [3.05, 3.63) is 72.9 Å². The zero-order chi connectivity index (χ0) is 24.2. The van der Waals surface area contributed by atoms with E-state index in [2.05, 4.69) is 43.4 Å². The maximum atomic E-state index is 11.5. The van der Waals surface area contributed by atoms with Gasteiger partial charge in [-0.15, -0.1) is 0 Å². The maximum absolute atomic E-state index is 11.5. The molecule has 0 N–H and O–H groups in total. The number of benzene rings is 1. The van der Waals surface area contributed by atoms with Crippen LogP contribution in [0.4, 0.5) is 0 Å². The van der Waals surface area contributed by atoms with Crippen LogP contribution >= 0.6 is 0 Å². The van der Waals surface area contributed by atoms with Crippen LogP contribution < -0.4 is 0 Å². The first-order valence-corrected chi connectivity index (χ1v) is 12.4. The predicted octanol–water partition coefficient (Wildman–Crippen LogP) is 7.76. The number of esters is 2. The standard InChI is InChI=1S/C23H38O4.C6H6/c1-3-4-5-6-7-8-9-10-11-12-13-14-15-16-17-19-23(25)27-21-18-20-26-22(2)24;1-2-4-6-5-3-1/h7-8,10-11,13-14H,3-6,9,12,15-21H2,1-2H3;1-6H. The molecule has 0 atom stereocenters. The number of ether oxygens (including phenoxy) is 2. The quantitative estimate of drug-likeness (QED) is 0.136. The van der Waals surface area contributed by atoms with E-state index in [1.54, 1.807) is 0 Å².